The summed E-state index contributed by atoms with van der Waals surface area (Å²) in [5.41, 5.74) is 1.64. The number of rotatable bonds is 7. The quantitative estimate of drug-likeness (QED) is 0.503. The van der Waals surface area contributed by atoms with Crippen LogP contribution >= 0.6 is 23.2 Å². The molecule has 0 unspecified atom stereocenters. The van der Waals surface area contributed by atoms with E-state index in [-0.39, 0.29) is 5.76 Å². The van der Waals surface area contributed by atoms with Gasteiger partial charge in [-0.15, -0.1) is 0 Å². The molecular formula is C22H20Cl2N2O4. The van der Waals surface area contributed by atoms with E-state index in [1.54, 1.807) is 54.6 Å². The summed E-state index contributed by atoms with van der Waals surface area (Å²) in [6.07, 6.45) is 0. The van der Waals surface area contributed by atoms with Crippen molar-refractivity contribution in [2.24, 2.45) is 0 Å². The van der Waals surface area contributed by atoms with Gasteiger partial charge in [-0.05, 0) is 68.7 Å². The van der Waals surface area contributed by atoms with Crippen LogP contribution in [0.1, 0.15) is 20.9 Å². The monoisotopic (exact) mass is 446 g/mol. The van der Waals surface area contributed by atoms with Gasteiger partial charge in [0.15, 0.2) is 5.76 Å². The third-order valence-electron chi connectivity index (χ3n) is 4.18. The molecule has 1 aromatic heterocycles. The van der Waals surface area contributed by atoms with Gasteiger partial charge in [0.2, 0.25) is 0 Å². The van der Waals surface area contributed by atoms with Crippen LogP contribution < -0.4 is 5.32 Å². The number of carbonyl (C=O) groups excluding carboxylic acids is 2. The molecule has 8 heteroatoms. The van der Waals surface area contributed by atoms with Gasteiger partial charge in [0, 0.05) is 17.8 Å². The summed E-state index contributed by atoms with van der Waals surface area (Å²) >= 11 is 12.0. The minimum Gasteiger partial charge on any atom is -0.461 e. The van der Waals surface area contributed by atoms with Crippen molar-refractivity contribution in [3.05, 3.63) is 76.0 Å². The minimum atomic E-state index is -0.414. The molecule has 0 aliphatic rings. The van der Waals surface area contributed by atoms with Crippen LogP contribution in [0.25, 0.3) is 11.3 Å². The normalized spacial score (nSPS) is 10.8. The van der Waals surface area contributed by atoms with Crippen LogP contribution in [-0.2, 0) is 4.74 Å². The summed E-state index contributed by atoms with van der Waals surface area (Å²) in [6, 6.07) is 14.8. The number of nitrogens with zero attached hydrogens (tertiary/aromatic N) is 1. The highest BCUT2D eigenvalue weighted by Gasteiger charge is 2.14. The Kier molecular flexibility index (Phi) is 7.15. The Morgan fingerprint density at radius 2 is 1.73 bits per heavy atom. The van der Waals surface area contributed by atoms with Crippen molar-refractivity contribution in [3.63, 3.8) is 0 Å². The number of amides is 1. The zero-order valence-electron chi connectivity index (χ0n) is 16.4. The molecule has 1 N–H and O–H groups in total. The van der Waals surface area contributed by atoms with Crippen LogP contribution in [0.2, 0.25) is 10.0 Å². The maximum atomic E-state index is 12.5. The summed E-state index contributed by atoms with van der Waals surface area (Å²) in [6.45, 7) is 0.956. The lowest BCUT2D eigenvalue weighted by molar-refractivity contribution is 0.0482. The molecule has 6 nitrogen and oxygen atoms in total. The first-order chi connectivity index (χ1) is 14.3. The van der Waals surface area contributed by atoms with Crippen LogP contribution in [0.4, 0.5) is 5.69 Å². The lowest BCUT2D eigenvalue weighted by Crippen LogP contribution is -2.20. The van der Waals surface area contributed by atoms with E-state index >= 15 is 0 Å². The van der Waals surface area contributed by atoms with E-state index in [0.717, 1.165) is 0 Å². The highest BCUT2D eigenvalue weighted by Crippen LogP contribution is 2.29. The van der Waals surface area contributed by atoms with Crippen molar-refractivity contribution in [2.75, 3.05) is 32.6 Å². The fraction of sp³-hybridized carbons (Fsp3) is 0.182. The largest absolute Gasteiger partial charge is 0.461 e. The maximum absolute atomic E-state index is 12.5. The van der Waals surface area contributed by atoms with Crippen molar-refractivity contribution < 1.29 is 18.7 Å². The number of hydrogen-bond donors (Lipinski definition) is 1. The van der Waals surface area contributed by atoms with Gasteiger partial charge in [0.1, 0.15) is 12.4 Å². The average Bonchev–Trinajstić information content (AvgIpc) is 3.20. The minimum absolute atomic E-state index is 0.142. The van der Waals surface area contributed by atoms with E-state index in [1.165, 1.54) is 0 Å². The predicted molar refractivity (Wildman–Crippen MR) is 117 cm³/mol. The molecule has 0 fully saturated rings. The van der Waals surface area contributed by atoms with Gasteiger partial charge < -0.3 is 19.4 Å². The lowest BCUT2D eigenvalue weighted by Gasteiger charge is -2.10. The van der Waals surface area contributed by atoms with Gasteiger partial charge in [0.05, 0.1) is 15.6 Å². The molecule has 0 aliphatic heterocycles. The SMILES string of the molecule is CN(C)CCOC(=O)c1ccc(NC(=O)c2ccc(-c3ccc(Cl)c(Cl)c3)o2)cc1. The smallest absolute Gasteiger partial charge is 0.338 e. The fourth-order valence-corrected chi connectivity index (χ4v) is 2.85. The van der Waals surface area contributed by atoms with E-state index in [0.29, 0.717) is 45.8 Å². The number of nitrogens with one attached hydrogen (secondary N) is 1. The molecule has 3 aromatic rings. The van der Waals surface area contributed by atoms with Gasteiger partial charge in [-0.3, -0.25) is 4.79 Å². The highest BCUT2D eigenvalue weighted by atomic mass is 35.5. The molecule has 0 saturated heterocycles. The van der Waals surface area contributed by atoms with Gasteiger partial charge >= 0.3 is 5.97 Å². The summed E-state index contributed by atoms with van der Waals surface area (Å²) in [5.74, 6) is -0.188. The molecular weight excluding hydrogens is 427 g/mol. The second-order valence-electron chi connectivity index (χ2n) is 6.76. The Balaban J connectivity index is 1.61. The second-order valence-corrected chi connectivity index (χ2v) is 7.58. The predicted octanol–water partition coefficient (Wildman–Crippen LogP) is 5.22. The molecule has 0 radical (unpaired) electrons. The molecule has 1 heterocycles. The van der Waals surface area contributed by atoms with E-state index in [4.69, 9.17) is 32.4 Å². The van der Waals surface area contributed by atoms with Crippen molar-refractivity contribution >= 4 is 40.8 Å². The lowest BCUT2D eigenvalue weighted by atomic mass is 10.2. The third kappa shape index (κ3) is 5.63. The Hall–Kier alpha value is -2.80. The molecule has 30 heavy (non-hydrogen) atoms. The number of halogens is 2. The number of likely N-dealkylation sites (N-methyl/N-ethyl adjacent to an activating group) is 1. The van der Waals surface area contributed by atoms with Gasteiger partial charge in [0.25, 0.3) is 5.91 Å². The molecule has 0 bridgehead atoms. The van der Waals surface area contributed by atoms with Crippen LogP contribution in [0, 0.1) is 0 Å². The second kappa shape index (κ2) is 9.80. The molecule has 0 atom stereocenters. The average molecular weight is 447 g/mol. The van der Waals surface area contributed by atoms with Crippen molar-refractivity contribution in [2.45, 2.75) is 0 Å². The molecule has 156 valence electrons. The molecule has 3 rings (SSSR count). The van der Waals surface area contributed by atoms with Crippen LogP contribution in [-0.4, -0.2) is 44.0 Å². The molecule has 2 aromatic carbocycles. The number of anilines is 1. The summed E-state index contributed by atoms with van der Waals surface area (Å²) in [4.78, 5) is 26.4. The Bertz CT molecular complexity index is 1050. The van der Waals surface area contributed by atoms with E-state index in [2.05, 4.69) is 5.32 Å². The Labute approximate surface area is 184 Å². The number of ether oxygens (including phenoxy) is 1. The third-order valence-corrected chi connectivity index (χ3v) is 4.92. The molecule has 0 aliphatic carbocycles. The standard InChI is InChI=1S/C22H20Cl2N2O4/c1-26(2)11-12-29-22(28)14-3-6-16(7-4-14)25-21(27)20-10-9-19(30-20)15-5-8-17(23)18(24)13-15/h3-10,13H,11-12H2,1-2H3,(H,25,27). The Morgan fingerprint density at radius 3 is 2.40 bits per heavy atom. The number of hydrogen-bond acceptors (Lipinski definition) is 5. The first-order valence-corrected chi connectivity index (χ1v) is 9.87. The zero-order chi connectivity index (χ0) is 21.7. The van der Waals surface area contributed by atoms with Crippen molar-refractivity contribution in [1.29, 1.82) is 0 Å². The van der Waals surface area contributed by atoms with Gasteiger partial charge in [-0.25, -0.2) is 4.79 Å². The molecule has 0 spiro atoms. The number of carbonyl (C=O) groups is 2. The number of benzene rings is 2. The highest BCUT2D eigenvalue weighted by molar-refractivity contribution is 6.42. The van der Waals surface area contributed by atoms with Crippen molar-refractivity contribution in [1.82, 2.24) is 4.90 Å². The molecule has 0 saturated carbocycles. The first-order valence-electron chi connectivity index (χ1n) is 9.12. The topological polar surface area (TPSA) is 71.8 Å². The summed E-state index contributed by atoms with van der Waals surface area (Å²) < 4.78 is 10.8. The van der Waals surface area contributed by atoms with Crippen LogP contribution in [0.5, 0.6) is 0 Å². The van der Waals surface area contributed by atoms with Crippen LogP contribution in [0.15, 0.2) is 59.0 Å². The summed E-state index contributed by atoms with van der Waals surface area (Å²) in [7, 11) is 3.80. The van der Waals surface area contributed by atoms with E-state index in [1.807, 2.05) is 19.0 Å². The van der Waals surface area contributed by atoms with E-state index in [9.17, 15) is 9.59 Å². The maximum Gasteiger partial charge on any atom is 0.338 e. The number of esters is 1. The van der Waals surface area contributed by atoms with E-state index < -0.39 is 11.9 Å². The van der Waals surface area contributed by atoms with Crippen molar-refractivity contribution in [3.8, 4) is 11.3 Å². The first kappa shape index (κ1) is 21.9. The zero-order valence-corrected chi connectivity index (χ0v) is 18.0. The number of furan rings is 1. The van der Waals surface area contributed by atoms with Gasteiger partial charge in [-0.1, -0.05) is 23.2 Å². The van der Waals surface area contributed by atoms with Gasteiger partial charge in [-0.2, -0.15) is 0 Å². The van der Waals surface area contributed by atoms with Crippen LogP contribution in [0.3, 0.4) is 0 Å². The Morgan fingerprint density at radius 1 is 1.00 bits per heavy atom. The molecule has 1 amide bonds. The summed E-state index contributed by atoms with van der Waals surface area (Å²) in [5, 5.41) is 3.57. The fourth-order valence-electron chi connectivity index (χ4n) is 2.55.